The highest BCUT2D eigenvalue weighted by atomic mass is 79.9. The van der Waals surface area contributed by atoms with E-state index in [4.69, 9.17) is 9.47 Å². The fourth-order valence-electron chi connectivity index (χ4n) is 1.69. The van der Waals surface area contributed by atoms with Gasteiger partial charge in [-0.05, 0) is 30.2 Å². The summed E-state index contributed by atoms with van der Waals surface area (Å²) in [6.07, 6.45) is 1.22. The second kappa shape index (κ2) is 5.93. The first-order valence-electron chi connectivity index (χ1n) is 5.32. The molecular weight excluding hydrogens is 320 g/mol. The molecule has 0 aliphatic rings. The average Bonchev–Trinajstić information content (AvgIpc) is 2.26. The van der Waals surface area contributed by atoms with Crippen molar-refractivity contribution in [2.45, 2.75) is 11.8 Å². The Hall–Kier alpha value is -0.750. The molecule has 0 fully saturated rings. The second-order valence-corrected chi connectivity index (χ2v) is 7.41. The molecule has 1 rings (SSSR count). The van der Waals surface area contributed by atoms with Gasteiger partial charge in [0.2, 0.25) is 0 Å². The van der Waals surface area contributed by atoms with Crippen LogP contribution in [0.25, 0.3) is 0 Å². The zero-order valence-corrected chi connectivity index (χ0v) is 13.3. The van der Waals surface area contributed by atoms with Crippen LogP contribution in [0.15, 0.2) is 12.1 Å². The van der Waals surface area contributed by atoms with E-state index in [9.17, 15) is 8.42 Å². The summed E-state index contributed by atoms with van der Waals surface area (Å²) in [7, 11) is 0.0784. The summed E-state index contributed by atoms with van der Waals surface area (Å²) in [5.41, 5.74) is 1.84. The highest BCUT2D eigenvalue weighted by molar-refractivity contribution is 9.09. The van der Waals surface area contributed by atoms with Gasteiger partial charge in [0.15, 0.2) is 11.5 Å². The molecule has 0 aliphatic heterocycles. The third kappa shape index (κ3) is 3.88. The average molecular weight is 337 g/mol. The zero-order chi connectivity index (χ0) is 13.9. The topological polar surface area (TPSA) is 52.6 Å². The number of rotatable bonds is 5. The van der Waals surface area contributed by atoms with E-state index in [1.165, 1.54) is 6.26 Å². The Labute approximate surface area is 116 Å². The molecule has 0 radical (unpaired) electrons. The van der Waals surface area contributed by atoms with Crippen LogP contribution in [-0.4, -0.2) is 34.6 Å². The predicted molar refractivity (Wildman–Crippen MR) is 75.7 cm³/mol. The molecule has 102 valence electrons. The molecule has 18 heavy (non-hydrogen) atoms. The Morgan fingerprint density at radius 3 is 2.17 bits per heavy atom. The number of ether oxygens (including phenoxy) is 2. The lowest BCUT2D eigenvalue weighted by Crippen LogP contribution is -2.10. The molecule has 0 aliphatic carbocycles. The van der Waals surface area contributed by atoms with Gasteiger partial charge in [-0.2, -0.15) is 0 Å². The second-order valence-electron chi connectivity index (χ2n) is 4.12. The summed E-state index contributed by atoms with van der Waals surface area (Å²) in [6.45, 7) is 1.91. The van der Waals surface area contributed by atoms with Crippen LogP contribution in [0.2, 0.25) is 0 Å². The first-order valence-corrected chi connectivity index (χ1v) is 8.30. The van der Waals surface area contributed by atoms with E-state index in [-0.39, 0.29) is 10.6 Å². The lowest BCUT2D eigenvalue weighted by Gasteiger charge is -2.16. The molecule has 0 heterocycles. The van der Waals surface area contributed by atoms with E-state index in [0.717, 1.165) is 11.1 Å². The summed E-state index contributed by atoms with van der Waals surface area (Å²) >= 11 is 3.41. The Morgan fingerprint density at radius 2 is 1.72 bits per heavy atom. The highest BCUT2D eigenvalue weighted by Crippen LogP contribution is 2.36. The Bertz CT molecular complexity index is 525. The van der Waals surface area contributed by atoms with Crippen LogP contribution >= 0.6 is 15.9 Å². The number of methoxy groups -OCH3 is 2. The fourth-order valence-corrected chi connectivity index (χ4v) is 4.33. The van der Waals surface area contributed by atoms with Crippen LogP contribution in [0, 0.1) is 6.92 Å². The van der Waals surface area contributed by atoms with Gasteiger partial charge in [0, 0.05) is 6.26 Å². The van der Waals surface area contributed by atoms with Crippen molar-refractivity contribution in [2.75, 3.05) is 26.2 Å². The van der Waals surface area contributed by atoms with Crippen molar-refractivity contribution in [3.63, 3.8) is 0 Å². The highest BCUT2D eigenvalue weighted by Gasteiger charge is 2.18. The minimum Gasteiger partial charge on any atom is -0.493 e. The first kappa shape index (κ1) is 15.3. The molecule has 0 amide bonds. The van der Waals surface area contributed by atoms with E-state index < -0.39 is 9.84 Å². The van der Waals surface area contributed by atoms with Crippen molar-refractivity contribution in [1.82, 2.24) is 0 Å². The van der Waals surface area contributed by atoms with Gasteiger partial charge in [-0.3, -0.25) is 0 Å². The van der Waals surface area contributed by atoms with Gasteiger partial charge >= 0.3 is 0 Å². The summed E-state index contributed by atoms with van der Waals surface area (Å²) < 4.78 is 33.0. The quantitative estimate of drug-likeness (QED) is 0.775. The molecule has 0 aromatic heterocycles. The Kier molecular flexibility index (Phi) is 5.04. The van der Waals surface area contributed by atoms with Crippen molar-refractivity contribution < 1.29 is 17.9 Å². The van der Waals surface area contributed by atoms with Crippen molar-refractivity contribution >= 4 is 25.8 Å². The van der Waals surface area contributed by atoms with Gasteiger partial charge in [0.25, 0.3) is 0 Å². The molecule has 1 atom stereocenters. The number of alkyl halides is 1. The Balaban J connectivity index is 3.17. The molecule has 0 N–H and O–H groups in total. The van der Waals surface area contributed by atoms with Crippen molar-refractivity contribution in [1.29, 1.82) is 0 Å². The normalized spacial score (nSPS) is 13.2. The van der Waals surface area contributed by atoms with Crippen LogP contribution in [0.1, 0.15) is 16.0 Å². The SMILES string of the molecule is COc1cc(C)c(C(Br)CS(C)(=O)=O)cc1OC. The number of benzene rings is 1. The fraction of sp³-hybridized carbons (Fsp3) is 0.500. The lowest BCUT2D eigenvalue weighted by atomic mass is 10.1. The maximum Gasteiger partial charge on any atom is 0.161 e. The molecule has 1 aromatic rings. The van der Waals surface area contributed by atoms with E-state index in [1.807, 2.05) is 13.0 Å². The summed E-state index contributed by atoms with van der Waals surface area (Å²) in [4.78, 5) is -0.257. The minimum absolute atomic E-state index is 0.0450. The molecular formula is C12H17BrO4S. The van der Waals surface area contributed by atoms with Gasteiger partial charge in [0.05, 0.1) is 24.8 Å². The molecule has 0 saturated carbocycles. The molecule has 1 aromatic carbocycles. The van der Waals surface area contributed by atoms with E-state index in [2.05, 4.69) is 15.9 Å². The van der Waals surface area contributed by atoms with E-state index in [0.29, 0.717) is 11.5 Å². The van der Waals surface area contributed by atoms with Gasteiger partial charge in [-0.15, -0.1) is 0 Å². The van der Waals surface area contributed by atoms with Crippen LogP contribution in [0.5, 0.6) is 11.5 Å². The molecule has 0 saturated heterocycles. The maximum absolute atomic E-state index is 11.3. The van der Waals surface area contributed by atoms with Gasteiger partial charge in [-0.25, -0.2) is 8.42 Å². The number of sulfone groups is 1. The van der Waals surface area contributed by atoms with Gasteiger partial charge in [-0.1, -0.05) is 15.9 Å². The number of hydrogen-bond acceptors (Lipinski definition) is 4. The number of halogens is 1. The molecule has 6 heteroatoms. The molecule has 1 unspecified atom stereocenters. The smallest absolute Gasteiger partial charge is 0.161 e. The first-order chi connectivity index (χ1) is 8.28. The van der Waals surface area contributed by atoms with Crippen molar-refractivity contribution in [3.8, 4) is 11.5 Å². The maximum atomic E-state index is 11.3. The predicted octanol–water partition coefficient (Wildman–Crippen LogP) is 2.49. The molecule has 0 spiro atoms. The van der Waals surface area contributed by atoms with Crippen LogP contribution in [-0.2, 0) is 9.84 Å². The van der Waals surface area contributed by atoms with Gasteiger partial charge in [0.1, 0.15) is 9.84 Å². The third-order valence-corrected chi connectivity index (χ3v) is 4.74. The van der Waals surface area contributed by atoms with Crippen LogP contribution < -0.4 is 9.47 Å². The minimum atomic E-state index is -3.04. The Morgan fingerprint density at radius 1 is 1.22 bits per heavy atom. The van der Waals surface area contributed by atoms with Crippen molar-refractivity contribution in [3.05, 3.63) is 23.3 Å². The molecule has 0 bridgehead atoms. The monoisotopic (exact) mass is 336 g/mol. The van der Waals surface area contributed by atoms with Crippen LogP contribution in [0.3, 0.4) is 0 Å². The van der Waals surface area contributed by atoms with E-state index >= 15 is 0 Å². The standard InChI is InChI=1S/C12H17BrO4S/c1-8-5-11(16-2)12(17-3)6-9(8)10(13)7-18(4,14)15/h5-6,10H,7H2,1-4H3. The zero-order valence-electron chi connectivity index (χ0n) is 10.9. The number of hydrogen-bond donors (Lipinski definition) is 0. The van der Waals surface area contributed by atoms with Crippen molar-refractivity contribution in [2.24, 2.45) is 0 Å². The van der Waals surface area contributed by atoms with E-state index in [1.54, 1.807) is 20.3 Å². The molecule has 4 nitrogen and oxygen atoms in total. The van der Waals surface area contributed by atoms with Gasteiger partial charge < -0.3 is 9.47 Å². The lowest BCUT2D eigenvalue weighted by molar-refractivity contribution is 0.354. The summed E-state index contributed by atoms with van der Waals surface area (Å²) in [6, 6.07) is 3.64. The summed E-state index contributed by atoms with van der Waals surface area (Å²) in [5, 5.41) is 0. The number of aryl methyl sites for hydroxylation is 1. The largest absolute Gasteiger partial charge is 0.493 e. The summed E-state index contributed by atoms with van der Waals surface area (Å²) in [5.74, 6) is 1.28. The third-order valence-electron chi connectivity index (χ3n) is 2.56. The van der Waals surface area contributed by atoms with Crippen LogP contribution in [0.4, 0.5) is 0 Å².